The first kappa shape index (κ1) is 17.3. The van der Waals surface area contributed by atoms with Crippen molar-refractivity contribution in [3.8, 4) is 0 Å². The Kier molecular flexibility index (Phi) is 4.65. The number of carbonyl (C=O) groups excluding carboxylic acids is 1. The molecule has 8 heteroatoms. The minimum absolute atomic E-state index is 0.133. The van der Waals surface area contributed by atoms with Gasteiger partial charge in [0.05, 0.1) is 22.8 Å². The van der Waals surface area contributed by atoms with Crippen LogP contribution in [0, 0.1) is 5.82 Å². The number of aromatic carboxylic acids is 1. The van der Waals surface area contributed by atoms with E-state index in [1.807, 2.05) is 0 Å². The van der Waals surface area contributed by atoms with Gasteiger partial charge in [-0.2, -0.15) is 0 Å². The Hall–Kier alpha value is -2.57. The van der Waals surface area contributed by atoms with Crippen molar-refractivity contribution in [1.29, 1.82) is 0 Å². The van der Waals surface area contributed by atoms with Crippen molar-refractivity contribution in [2.75, 3.05) is 11.9 Å². The number of benzene rings is 2. The number of nitrogens with one attached hydrogen (secondary N) is 2. The van der Waals surface area contributed by atoms with E-state index < -0.39 is 11.8 Å². The Morgan fingerprint density at radius 2 is 1.84 bits per heavy atom. The van der Waals surface area contributed by atoms with Gasteiger partial charge in [0, 0.05) is 16.0 Å². The van der Waals surface area contributed by atoms with E-state index in [2.05, 4.69) is 10.3 Å². The van der Waals surface area contributed by atoms with Crippen LogP contribution >= 0.6 is 23.2 Å². The van der Waals surface area contributed by atoms with Crippen molar-refractivity contribution in [2.45, 2.75) is 0 Å². The van der Waals surface area contributed by atoms with Crippen LogP contribution in [0.3, 0.4) is 0 Å². The average molecular weight is 381 g/mol. The molecule has 0 saturated heterocycles. The Morgan fingerprint density at radius 1 is 1.16 bits per heavy atom. The molecule has 25 heavy (non-hydrogen) atoms. The molecule has 3 aromatic rings. The molecule has 2 aromatic carbocycles. The lowest BCUT2D eigenvalue weighted by atomic mass is 10.1. The van der Waals surface area contributed by atoms with Gasteiger partial charge in [-0.1, -0.05) is 23.2 Å². The Bertz CT molecular complexity index is 984. The highest BCUT2D eigenvalue weighted by molar-refractivity contribution is 6.40. The minimum Gasteiger partial charge on any atom is -0.477 e. The summed E-state index contributed by atoms with van der Waals surface area (Å²) in [4.78, 5) is 26.4. The lowest BCUT2D eigenvalue weighted by Crippen LogP contribution is -2.15. The van der Waals surface area contributed by atoms with Crippen LogP contribution in [0.25, 0.3) is 10.9 Å². The van der Waals surface area contributed by atoms with Crippen LogP contribution in [0.15, 0.2) is 36.4 Å². The highest BCUT2D eigenvalue weighted by Gasteiger charge is 2.20. The highest BCUT2D eigenvalue weighted by atomic mass is 35.5. The van der Waals surface area contributed by atoms with Crippen LogP contribution < -0.4 is 5.32 Å². The van der Waals surface area contributed by atoms with E-state index in [0.29, 0.717) is 21.5 Å². The quantitative estimate of drug-likeness (QED) is 0.564. The first-order valence-corrected chi connectivity index (χ1v) is 7.89. The van der Waals surface area contributed by atoms with E-state index in [9.17, 15) is 19.1 Å². The summed E-state index contributed by atoms with van der Waals surface area (Å²) in [6.07, 6.45) is 0. The second kappa shape index (κ2) is 6.74. The number of carboxylic acid groups (broad SMARTS) is 1. The van der Waals surface area contributed by atoms with E-state index >= 15 is 0 Å². The molecule has 0 aliphatic heterocycles. The molecule has 0 aliphatic carbocycles. The van der Waals surface area contributed by atoms with Crippen molar-refractivity contribution in [2.24, 2.45) is 0 Å². The Balaban J connectivity index is 1.94. The molecule has 1 heterocycles. The predicted molar refractivity (Wildman–Crippen MR) is 94.5 cm³/mol. The number of anilines is 1. The summed E-state index contributed by atoms with van der Waals surface area (Å²) < 4.78 is 12.9. The van der Waals surface area contributed by atoms with E-state index in [0.717, 1.165) is 0 Å². The van der Waals surface area contributed by atoms with Gasteiger partial charge in [0.2, 0.25) is 0 Å². The summed E-state index contributed by atoms with van der Waals surface area (Å²) in [6, 6.07) is 8.11. The third-order valence-corrected chi connectivity index (χ3v) is 4.14. The van der Waals surface area contributed by atoms with Crippen molar-refractivity contribution >= 4 is 51.5 Å². The number of hydrogen-bond acceptors (Lipinski definition) is 3. The normalized spacial score (nSPS) is 10.8. The van der Waals surface area contributed by atoms with Gasteiger partial charge in [-0.15, -0.1) is 0 Å². The van der Waals surface area contributed by atoms with Crippen LogP contribution in [0.2, 0.25) is 10.0 Å². The molecule has 0 fully saturated rings. The van der Waals surface area contributed by atoms with Crippen LogP contribution in [0.4, 0.5) is 10.1 Å². The predicted octanol–water partition coefficient (Wildman–Crippen LogP) is 4.61. The number of carboxylic acids is 1. The first-order valence-electron chi connectivity index (χ1n) is 7.13. The number of halogens is 3. The molecule has 0 spiro atoms. The molecule has 0 bridgehead atoms. The molecule has 0 saturated carbocycles. The van der Waals surface area contributed by atoms with Crippen molar-refractivity contribution in [1.82, 2.24) is 4.98 Å². The lowest BCUT2D eigenvalue weighted by molar-refractivity contribution is 0.0692. The summed E-state index contributed by atoms with van der Waals surface area (Å²) in [5.41, 5.74) is 0.803. The SMILES string of the molecule is O=C(CNc1c(C(=O)O)[nH]c2cc(Cl)cc(Cl)c12)c1ccc(F)cc1. The Labute approximate surface area is 151 Å². The summed E-state index contributed by atoms with van der Waals surface area (Å²) >= 11 is 12.1. The molecule has 128 valence electrons. The summed E-state index contributed by atoms with van der Waals surface area (Å²) in [6.45, 7) is -0.183. The lowest BCUT2D eigenvalue weighted by Gasteiger charge is -2.07. The zero-order chi connectivity index (χ0) is 18.1. The van der Waals surface area contributed by atoms with Gasteiger partial charge in [0.25, 0.3) is 0 Å². The van der Waals surface area contributed by atoms with Gasteiger partial charge < -0.3 is 15.4 Å². The van der Waals surface area contributed by atoms with Crippen molar-refractivity contribution in [3.05, 3.63) is 63.5 Å². The number of carbonyl (C=O) groups is 2. The number of aromatic amines is 1. The van der Waals surface area contributed by atoms with E-state index in [1.54, 1.807) is 6.07 Å². The number of H-pyrrole nitrogens is 1. The minimum atomic E-state index is -1.21. The molecule has 0 atom stereocenters. The molecule has 3 N–H and O–H groups in total. The summed E-state index contributed by atoms with van der Waals surface area (Å²) in [7, 11) is 0. The molecule has 0 unspecified atom stereocenters. The molecule has 3 rings (SSSR count). The van der Waals surface area contributed by atoms with Gasteiger partial charge in [0.1, 0.15) is 11.5 Å². The van der Waals surface area contributed by atoms with Crippen molar-refractivity contribution in [3.63, 3.8) is 0 Å². The maximum absolute atomic E-state index is 12.9. The standard InChI is InChI=1S/C17H11Cl2FN2O3/c18-9-5-11(19)14-12(6-9)22-16(17(24)25)15(14)21-7-13(23)8-1-3-10(20)4-2-8/h1-6,21-22H,7H2,(H,24,25). The first-order chi connectivity index (χ1) is 11.9. The summed E-state index contributed by atoms with van der Waals surface area (Å²) in [5, 5.41) is 13.2. The number of fused-ring (bicyclic) bond motifs is 1. The second-order valence-electron chi connectivity index (χ2n) is 5.27. The van der Waals surface area contributed by atoms with Gasteiger partial charge in [0.15, 0.2) is 5.78 Å². The number of aromatic nitrogens is 1. The summed E-state index contributed by atoms with van der Waals surface area (Å²) in [5.74, 6) is -1.98. The monoisotopic (exact) mass is 380 g/mol. The van der Waals surface area contributed by atoms with Gasteiger partial charge >= 0.3 is 5.97 Å². The molecule has 1 aromatic heterocycles. The van der Waals surface area contributed by atoms with Gasteiger partial charge in [-0.25, -0.2) is 9.18 Å². The third kappa shape index (κ3) is 3.45. The number of ketones is 1. The smallest absolute Gasteiger partial charge is 0.354 e. The Morgan fingerprint density at radius 3 is 2.48 bits per heavy atom. The van der Waals surface area contributed by atoms with E-state index in [-0.39, 0.29) is 28.7 Å². The molecular weight excluding hydrogens is 370 g/mol. The van der Waals surface area contributed by atoms with E-state index in [1.165, 1.54) is 30.3 Å². The third-order valence-electron chi connectivity index (χ3n) is 3.62. The van der Waals surface area contributed by atoms with E-state index in [4.69, 9.17) is 23.2 Å². The van der Waals surface area contributed by atoms with Crippen LogP contribution in [0.1, 0.15) is 20.8 Å². The van der Waals surface area contributed by atoms with Crippen molar-refractivity contribution < 1.29 is 19.1 Å². The zero-order valence-corrected chi connectivity index (χ0v) is 14.1. The zero-order valence-electron chi connectivity index (χ0n) is 12.6. The highest BCUT2D eigenvalue weighted by Crippen LogP contribution is 2.36. The topological polar surface area (TPSA) is 82.2 Å². The number of rotatable bonds is 5. The average Bonchev–Trinajstić information content (AvgIpc) is 2.92. The van der Waals surface area contributed by atoms with Gasteiger partial charge in [-0.05, 0) is 36.4 Å². The number of Topliss-reactive ketones (excluding diaryl/α,β-unsaturated/α-hetero) is 1. The van der Waals surface area contributed by atoms with Crippen LogP contribution in [0.5, 0.6) is 0 Å². The fraction of sp³-hybridized carbons (Fsp3) is 0.0588. The largest absolute Gasteiger partial charge is 0.477 e. The number of hydrogen-bond donors (Lipinski definition) is 3. The molecule has 0 aliphatic rings. The molecule has 0 radical (unpaired) electrons. The molecule has 5 nitrogen and oxygen atoms in total. The molecular formula is C17H11Cl2FN2O3. The van der Waals surface area contributed by atoms with Crippen LogP contribution in [-0.4, -0.2) is 28.4 Å². The van der Waals surface area contributed by atoms with Gasteiger partial charge in [-0.3, -0.25) is 4.79 Å². The second-order valence-corrected chi connectivity index (χ2v) is 6.12. The maximum atomic E-state index is 12.9. The van der Waals surface area contributed by atoms with Crippen LogP contribution in [-0.2, 0) is 0 Å². The maximum Gasteiger partial charge on any atom is 0.354 e. The molecule has 0 amide bonds. The fourth-order valence-electron chi connectivity index (χ4n) is 2.49. The fourth-order valence-corrected chi connectivity index (χ4v) is 3.08.